The van der Waals surface area contributed by atoms with Gasteiger partial charge in [0.05, 0.1) is 0 Å². The highest BCUT2D eigenvalue weighted by molar-refractivity contribution is 5.46. The zero-order chi connectivity index (χ0) is 11.5. The Balaban J connectivity index is 2.54. The van der Waals surface area contributed by atoms with Crippen LogP contribution in [0, 0.1) is 6.92 Å². The molecule has 0 aromatic heterocycles. The molecule has 1 aromatic rings. The van der Waals surface area contributed by atoms with E-state index in [0.717, 1.165) is 13.0 Å². The Morgan fingerprint density at radius 1 is 1.20 bits per heavy atom. The van der Waals surface area contributed by atoms with Gasteiger partial charge in [-0.25, -0.2) is 0 Å². The average Bonchev–Trinajstić information content (AvgIpc) is 2.14. The molecule has 0 aliphatic rings. The standard InChI is InChI=1S/C13H22N2/c1-11-5-7-12(8-6-11)15(4)10-9-13(2,3)14/h5-8H,9-10,14H2,1-4H3. The first-order chi connectivity index (χ1) is 6.88. The van der Waals surface area contributed by atoms with Gasteiger partial charge in [0.15, 0.2) is 0 Å². The Bertz CT molecular complexity index is 295. The minimum Gasteiger partial charge on any atom is -0.375 e. The van der Waals surface area contributed by atoms with Gasteiger partial charge in [0, 0.05) is 24.8 Å². The lowest BCUT2D eigenvalue weighted by molar-refractivity contribution is 0.479. The molecule has 0 amide bonds. The first-order valence-corrected chi connectivity index (χ1v) is 5.45. The third-order valence-corrected chi connectivity index (χ3v) is 2.57. The van der Waals surface area contributed by atoms with Crippen LogP contribution in [0.5, 0.6) is 0 Å². The van der Waals surface area contributed by atoms with Crippen LogP contribution >= 0.6 is 0 Å². The minimum atomic E-state index is -0.0844. The molecule has 2 nitrogen and oxygen atoms in total. The zero-order valence-corrected chi connectivity index (χ0v) is 10.2. The molecule has 0 spiro atoms. The molecule has 0 radical (unpaired) electrons. The number of benzene rings is 1. The van der Waals surface area contributed by atoms with Gasteiger partial charge in [0.25, 0.3) is 0 Å². The fourth-order valence-corrected chi connectivity index (χ4v) is 1.38. The maximum atomic E-state index is 5.96. The van der Waals surface area contributed by atoms with E-state index in [4.69, 9.17) is 5.73 Å². The Hall–Kier alpha value is -1.02. The lowest BCUT2D eigenvalue weighted by atomic mass is 10.0. The summed E-state index contributed by atoms with van der Waals surface area (Å²) in [7, 11) is 2.11. The van der Waals surface area contributed by atoms with Crippen molar-refractivity contribution in [1.82, 2.24) is 0 Å². The maximum Gasteiger partial charge on any atom is 0.0363 e. The van der Waals surface area contributed by atoms with E-state index < -0.39 is 0 Å². The van der Waals surface area contributed by atoms with Crippen molar-refractivity contribution >= 4 is 5.69 Å². The summed E-state index contributed by atoms with van der Waals surface area (Å²) >= 11 is 0. The van der Waals surface area contributed by atoms with E-state index in [9.17, 15) is 0 Å². The van der Waals surface area contributed by atoms with Crippen LogP contribution in [0.25, 0.3) is 0 Å². The monoisotopic (exact) mass is 206 g/mol. The van der Waals surface area contributed by atoms with E-state index in [1.807, 2.05) is 0 Å². The van der Waals surface area contributed by atoms with Gasteiger partial charge >= 0.3 is 0 Å². The molecule has 0 saturated carbocycles. The molecule has 84 valence electrons. The molecule has 0 heterocycles. The molecular weight excluding hydrogens is 184 g/mol. The Morgan fingerprint density at radius 2 is 1.73 bits per heavy atom. The molecule has 0 bridgehead atoms. The largest absolute Gasteiger partial charge is 0.375 e. The maximum absolute atomic E-state index is 5.96. The van der Waals surface area contributed by atoms with Crippen LogP contribution in [0.3, 0.4) is 0 Å². The van der Waals surface area contributed by atoms with Gasteiger partial charge in [-0.2, -0.15) is 0 Å². The van der Waals surface area contributed by atoms with Crippen molar-refractivity contribution in [2.45, 2.75) is 32.7 Å². The van der Waals surface area contributed by atoms with Crippen LogP contribution in [-0.2, 0) is 0 Å². The summed E-state index contributed by atoms with van der Waals surface area (Å²) in [6, 6.07) is 8.58. The van der Waals surface area contributed by atoms with Crippen LogP contribution in [0.1, 0.15) is 25.8 Å². The Morgan fingerprint density at radius 3 is 2.20 bits per heavy atom. The zero-order valence-electron chi connectivity index (χ0n) is 10.2. The smallest absolute Gasteiger partial charge is 0.0363 e. The molecule has 0 aliphatic heterocycles. The predicted molar refractivity (Wildman–Crippen MR) is 67.3 cm³/mol. The minimum absolute atomic E-state index is 0.0844. The van der Waals surface area contributed by atoms with Crippen molar-refractivity contribution in [3.05, 3.63) is 29.8 Å². The SMILES string of the molecule is Cc1ccc(N(C)CCC(C)(C)N)cc1. The fourth-order valence-electron chi connectivity index (χ4n) is 1.38. The number of hydrogen-bond acceptors (Lipinski definition) is 2. The second-order valence-corrected chi connectivity index (χ2v) is 5.00. The van der Waals surface area contributed by atoms with Crippen molar-refractivity contribution in [3.8, 4) is 0 Å². The molecular formula is C13H22N2. The molecule has 0 fully saturated rings. The van der Waals surface area contributed by atoms with Crippen LogP contribution in [0.15, 0.2) is 24.3 Å². The van der Waals surface area contributed by atoms with Crippen molar-refractivity contribution in [1.29, 1.82) is 0 Å². The van der Waals surface area contributed by atoms with Crippen molar-refractivity contribution in [2.24, 2.45) is 5.73 Å². The summed E-state index contributed by atoms with van der Waals surface area (Å²) in [6.45, 7) is 7.23. The molecule has 1 aromatic carbocycles. The molecule has 0 saturated heterocycles. The first kappa shape index (κ1) is 12.1. The van der Waals surface area contributed by atoms with Crippen molar-refractivity contribution < 1.29 is 0 Å². The van der Waals surface area contributed by atoms with E-state index in [2.05, 4.69) is 57.0 Å². The molecule has 0 unspecified atom stereocenters. The van der Waals surface area contributed by atoms with Gasteiger partial charge in [0.2, 0.25) is 0 Å². The number of nitrogens with zero attached hydrogens (tertiary/aromatic N) is 1. The van der Waals surface area contributed by atoms with E-state index in [-0.39, 0.29) is 5.54 Å². The predicted octanol–water partition coefficient (Wildman–Crippen LogP) is 2.56. The molecule has 2 N–H and O–H groups in total. The summed E-state index contributed by atoms with van der Waals surface area (Å²) < 4.78 is 0. The third kappa shape index (κ3) is 4.34. The highest BCUT2D eigenvalue weighted by Gasteiger charge is 2.11. The average molecular weight is 206 g/mol. The fraction of sp³-hybridized carbons (Fsp3) is 0.538. The molecule has 2 heteroatoms. The Kier molecular flexibility index (Phi) is 3.75. The van der Waals surface area contributed by atoms with Crippen molar-refractivity contribution in [2.75, 3.05) is 18.5 Å². The summed E-state index contributed by atoms with van der Waals surface area (Å²) in [6.07, 6.45) is 0.997. The van der Waals surface area contributed by atoms with Crippen LogP contribution in [0.4, 0.5) is 5.69 Å². The molecule has 0 atom stereocenters. The van der Waals surface area contributed by atoms with E-state index >= 15 is 0 Å². The van der Waals surface area contributed by atoms with Gasteiger partial charge in [-0.3, -0.25) is 0 Å². The number of hydrogen-bond donors (Lipinski definition) is 1. The number of nitrogens with two attached hydrogens (primary N) is 1. The normalized spacial score (nSPS) is 11.5. The van der Waals surface area contributed by atoms with Gasteiger partial charge < -0.3 is 10.6 Å². The second kappa shape index (κ2) is 4.67. The van der Waals surface area contributed by atoms with Crippen LogP contribution < -0.4 is 10.6 Å². The summed E-state index contributed by atoms with van der Waals surface area (Å²) in [5.41, 5.74) is 8.43. The topological polar surface area (TPSA) is 29.3 Å². The second-order valence-electron chi connectivity index (χ2n) is 5.00. The molecule has 0 aliphatic carbocycles. The number of anilines is 1. The van der Waals surface area contributed by atoms with Crippen LogP contribution in [-0.4, -0.2) is 19.1 Å². The van der Waals surface area contributed by atoms with Gasteiger partial charge in [-0.05, 0) is 39.3 Å². The molecule has 1 rings (SSSR count). The lowest BCUT2D eigenvalue weighted by Crippen LogP contribution is -2.36. The quantitative estimate of drug-likeness (QED) is 0.820. The Labute approximate surface area is 93.1 Å². The summed E-state index contributed by atoms with van der Waals surface area (Å²) in [4.78, 5) is 2.24. The van der Waals surface area contributed by atoms with E-state index in [0.29, 0.717) is 0 Å². The van der Waals surface area contributed by atoms with E-state index in [1.165, 1.54) is 11.3 Å². The number of aryl methyl sites for hydroxylation is 1. The lowest BCUT2D eigenvalue weighted by Gasteiger charge is -2.25. The van der Waals surface area contributed by atoms with Gasteiger partial charge in [0.1, 0.15) is 0 Å². The van der Waals surface area contributed by atoms with Crippen molar-refractivity contribution in [3.63, 3.8) is 0 Å². The summed E-state index contributed by atoms with van der Waals surface area (Å²) in [5, 5.41) is 0. The first-order valence-electron chi connectivity index (χ1n) is 5.45. The van der Waals surface area contributed by atoms with Gasteiger partial charge in [-0.15, -0.1) is 0 Å². The summed E-state index contributed by atoms with van der Waals surface area (Å²) in [5.74, 6) is 0. The highest BCUT2D eigenvalue weighted by Crippen LogP contribution is 2.15. The van der Waals surface area contributed by atoms with Gasteiger partial charge in [-0.1, -0.05) is 17.7 Å². The number of rotatable bonds is 4. The van der Waals surface area contributed by atoms with E-state index in [1.54, 1.807) is 0 Å². The molecule has 15 heavy (non-hydrogen) atoms. The highest BCUT2D eigenvalue weighted by atomic mass is 15.1. The van der Waals surface area contributed by atoms with Crippen LogP contribution in [0.2, 0.25) is 0 Å². The third-order valence-electron chi connectivity index (χ3n) is 2.57.